The minimum absolute atomic E-state index is 0.215. The lowest BCUT2D eigenvalue weighted by Gasteiger charge is -2.12. The first kappa shape index (κ1) is 12.9. The van der Waals surface area contributed by atoms with E-state index >= 15 is 0 Å². The number of rotatable bonds is 5. The van der Waals surface area contributed by atoms with Gasteiger partial charge in [0.1, 0.15) is 0 Å². The van der Waals surface area contributed by atoms with Crippen LogP contribution in [0.5, 0.6) is 0 Å². The van der Waals surface area contributed by atoms with E-state index in [2.05, 4.69) is 6.08 Å². The maximum Gasteiger partial charge on any atom is 0.338 e. The molecule has 18 heavy (non-hydrogen) atoms. The zero-order valence-electron chi connectivity index (χ0n) is 10.7. The highest BCUT2D eigenvalue weighted by Gasteiger charge is 2.06. The Morgan fingerprint density at radius 2 is 2.00 bits per heavy atom. The number of esters is 1. The smallest absolute Gasteiger partial charge is 0.338 e. The van der Waals surface area contributed by atoms with E-state index in [4.69, 9.17) is 4.74 Å². The third-order valence-electron chi connectivity index (χ3n) is 3.27. The zero-order chi connectivity index (χ0) is 12.6. The number of benzene rings is 1. The molecule has 0 aromatic heterocycles. The Hall–Kier alpha value is -1.57. The molecule has 0 saturated carbocycles. The van der Waals surface area contributed by atoms with Crippen molar-refractivity contribution in [3.05, 3.63) is 47.5 Å². The fourth-order valence-electron chi connectivity index (χ4n) is 2.25. The molecule has 0 amide bonds. The third kappa shape index (κ3) is 4.02. The molecule has 1 aromatic rings. The van der Waals surface area contributed by atoms with Gasteiger partial charge >= 0.3 is 5.97 Å². The van der Waals surface area contributed by atoms with E-state index < -0.39 is 0 Å². The fraction of sp³-hybridized carbons (Fsp3) is 0.438. The van der Waals surface area contributed by atoms with Gasteiger partial charge in [-0.3, -0.25) is 0 Å². The molecule has 0 atom stereocenters. The summed E-state index contributed by atoms with van der Waals surface area (Å²) < 4.78 is 5.25. The number of hydrogen-bond acceptors (Lipinski definition) is 2. The molecule has 0 unspecified atom stereocenters. The van der Waals surface area contributed by atoms with Gasteiger partial charge in [0.15, 0.2) is 0 Å². The van der Waals surface area contributed by atoms with Crippen molar-refractivity contribution < 1.29 is 9.53 Å². The van der Waals surface area contributed by atoms with Gasteiger partial charge in [-0.15, -0.1) is 0 Å². The monoisotopic (exact) mass is 244 g/mol. The van der Waals surface area contributed by atoms with Crippen molar-refractivity contribution in [3.8, 4) is 0 Å². The van der Waals surface area contributed by atoms with Gasteiger partial charge in [-0.1, -0.05) is 29.8 Å². The molecule has 0 N–H and O–H groups in total. The number of allylic oxidation sites excluding steroid dienone is 2. The number of hydrogen-bond donors (Lipinski definition) is 0. The van der Waals surface area contributed by atoms with Crippen molar-refractivity contribution in [3.63, 3.8) is 0 Å². The number of carbonyl (C=O) groups excluding carboxylic acids is 1. The van der Waals surface area contributed by atoms with Gasteiger partial charge in [-0.05, 0) is 50.7 Å². The van der Waals surface area contributed by atoms with Gasteiger partial charge in [-0.25, -0.2) is 4.79 Å². The van der Waals surface area contributed by atoms with Crippen molar-refractivity contribution in [2.45, 2.75) is 38.5 Å². The molecule has 0 fully saturated rings. The standard InChI is InChI=1S/C16H20O2/c17-16(15-11-5-2-6-12-15)18-13-7-10-14-8-3-1-4-9-14/h2,5-6,8,11-12H,1,3-4,7,9-10,13H2. The maximum absolute atomic E-state index is 11.7. The second kappa shape index (κ2) is 7.00. The molecule has 1 aromatic carbocycles. The van der Waals surface area contributed by atoms with Gasteiger partial charge in [0.05, 0.1) is 12.2 Å². The van der Waals surface area contributed by atoms with Crippen LogP contribution in [-0.4, -0.2) is 12.6 Å². The van der Waals surface area contributed by atoms with Crippen LogP contribution in [0.4, 0.5) is 0 Å². The molecule has 0 heterocycles. The minimum atomic E-state index is -0.215. The van der Waals surface area contributed by atoms with E-state index in [0.29, 0.717) is 12.2 Å². The van der Waals surface area contributed by atoms with Crippen molar-refractivity contribution >= 4 is 5.97 Å². The van der Waals surface area contributed by atoms with Crippen LogP contribution in [-0.2, 0) is 4.74 Å². The molecule has 2 rings (SSSR count). The average molecular weight is 244 g/mol. The van der Waals surface area contributed by atoms with Crippen LogP contribution in [0.3, 0.4) is 0 Å². The van der Waals surface area contributed by atoms with E-state index in [9.17, 15) is 4.79 Å². The fourth-order valence-corrected chi connectivity index (χ4v) is 2.25. The summed E-state index contributed by atoms with van der Waals surface area (Å²) in [4.78, 5) is 11.7. The summed E-state index contributed by atoms with van der Waals surface area (Å²) in [5.41, 5.74) is 2.17. The van der Waals surface area contributed by atoms with Crippen LogP contribution in [0.1, 0.15) is 48.9 Å². The molecule has 96 valence electrons. The highest BCUT2D eigenvalue weighted by atomic mass is 16.5. The van der Waals surface area contributed by atoms with Crippen molar-refractivity contribution in [2.24, 2.45) is 0 Å². The highest BCUT2D eigenvalue weighted by molar-refractivity contribution is 5.89. The molecule has 0 aliphatic heterocycles. The Morgan fingerprint density at radius 1 is 1.17 bits per heavy atom. The molecule has 1 aliphatic rings. The molecule has 2 nitrogen and oxygen atoms in total. The molecular formula is C16H20O2. The van der Waals surface area contributed by atoms with E-state index in [1.807, 2.05) is 18.2 Å². The zero-order valence-corrected chi connectivity index (χ0v) is 10.7. The summed E-state index contributed by atoms with van der Waals surface area (Å²) >= 11 is 0. The highest BCUT2D eigenvalue weighted by Crippen LogP contribution is 2.21. The Morgan fingerprint density at radius 3 is 2.72 bits per heavy atom. The molecule has 0 radical (unpaired) electrons. The quantitative estimate of drug-likeness (QED) is 0.442. The normalized spacial score (nSPS) is 15.0. The lowest BCUT2D eigenvalue weighted by Crippen LogP contribution is -2.06. The Balaban J connectivity index is 1.66. The lowest BCUT2D eigenvalue weighted by molar-refractivity contribution is 0.0500. The van der Waals surface area contributed by atoms with Crippen LogP contribution in [0.15, 0.2) is 42.0 Å². The van der Waals surface area contributed by atoms with Gasteiger partial charge in [0, 0.05) is 0 Å². The molecule has 2 heteroatoms. The molecule has 0 saturated heterocycles. The van der Waals surface area contributed by atoms with Gasteiger partial charge in [0.2, 0.25) is 0 Å². The van der Waals surface area contributed by atoms with E-state index in [-0.39, 0.29) is 5.97 Å². The van der Waals surface area contributed by atoms with Crippen molar-refractivity contribution in [1.82, 2.24) is 0 Å². The molecule has 0 bridgehead atoms. The van der Waals surface area contributed by atoms with E-state index in [1.54, 1.807) is 12.1 Å². The number of ether oxygens (including phenoxy) is 1. The van der Waals surface area contributed by atoms with Gasteiger partial charge in [0.25, 0.3) is 0 Å². The average Bonchev–Trinajstić information content (AvgIpc) is 2.45. The second-order valence-electron chi connectivity index (χ2n) is 4.71. The van der Waals surface area contributed by atoms with Crippen LogP contribution in [0.2, 0.25) is 0 Å². The van der Waals surface area contributed by atoms with Gasteiger partial charge < -0.3 is 4.74 Å². The summed E-state index contributed by atoms with van der Waals surface area (Å²) in [6, 6.07) is 9.16. The molecular weight excluding hydrogens is 224 g/mol. The maximum atomic E-state index is 11.7. The van der Waals surface area contributed by atoms with Crippen LogP contribution in [0.25, 0.3) is 0 Å². The largest absolute Gasteiger partial charge is 0.462 e. The van der Waals surface area contributed by atoms with Crippen LogP contribution in [0, 0.1) is 0 Å². The number of carbonyl (C=O) groups is 1. The first-order chi connectivity index (χ1) is 8.86. The third-order valence-corrected chi connectivity index (χ3v) is 3.27. The molecule has 1 aliphatic carbocycles. The Labute approximate surface area is 109 Å². The van der Waals surface area contributed by atoms with Crippen molar-refractivity contribution in [1.29, 1.82) is 0 Å². The molecule has 0 spiro atoms. The minimum Gasteiger partial charge on any atom is -0.462 e. The van der Waals surface area contributed by atoms with Crippen molar-refractivity contribution in [2.75, 3.05) is 6.61 Å². The lowest BCUT2D eigenvalue weighted by atomic mass is 9.96. The van der Waals surface area contributed by atoms with Gasteiger partial charge in [-0.2, -0.15) is 0 Å². The Bertz CT molecular complexity index is 406. The summed E-state index contributed by atoms with van der Waals surface area (Å²) in [7, 11) is 0. The van der Waals surface area contributed by atoms with E-state index in [0.717, 1.165) is 12.8 Å². The first-order valence-corrected chi connectivity index (χ1v) is 6.76. The Kier molecular flexibility index (Phi) is 5.00. The summed E-state index contributed by atoms with van der Waals surface area (Å²) in [5.74, 6) is -0.215. The van der Waals surface area contributed by atoms with Crippen LogP contribution >= 0.6 is 0 Å². The topological polar surface area (TPSA) is 26.3 Å². The summed E-state index contributed by atoms with van der Waals surface area (Å²) in [6.07, 6.45) is 9.45. The predicted octanol–water partition coefficient (Wildman–Crippen LogP) is 4.12. The second-order valence-corrected chi connectivity index (χ2v) is 4.71. The predicted molar refractivity (Wildman–Crippen MR) is 72.5 cm³/mol. The SMILES string of the molecule is O=C(OCCCC1=CCCCC1)c1ccccc1. The summed E-state index contributed by atoms with van der Waals surface area (Å²) in [6.45, 7) is 0.519. The first-order valence-electron chi connectivity index (χ1n) is 6.76. The summed E-state index contributed by atoms with van der Waals surface area (Å²) in [5, 5.41) is 0. The van der Waals surface area contributed by atoms with E-state index in [1.165, 1.54) is 31.3 Å². The van der Waals surface area contributed by atoms with Crippen LogP contribution < -0.4 is 0 Å².